The largest absolute Gasteiger partial charge is 0.387 e. The van der Waals surface area contributed by atoms with Crippen molar-refractivity contribution >= 4 is 11.9 Å². The third kappa shape index (κ3) is 2.33. The molecule has 1 unspecified atom stereocenters. The summed E-state index contributed by atoms with van der Waals surface area (Å²) in [6.07, 6.45) is -1.01. The minimum Gasteiger partial charge on any atom is -0.387 e. The quantitative estimate of drug-likeness (QED) is 0.808. The van der Waals surface area contributed by atoms with E-state index in [0.29, 0.717) is 5.56 Å². The third-order valence-electron chi connectivity index (χ3n) is 2.84. The average molecular weight is 252 g/mol. The number of hydrogen-bond acceptors (Lipinski definition) is 3. The molecule has 0 saturated carbocycles. The van der Waals surface area contributed by atoms with Gasteiger partial charge < -0.3 is 10.0 Å². The summed E-state index contributed by atoms with van der Waals surface area (Å²) in [5.41, 5.74) is 0.464. The van der Waals surface area contributed by atoms with Gasteiger partial charge in [-0.2, -0.15) is 0 Å². The minimum absolute atomic E-state index is 0.0228. The van der Waals surface area contributed by atoms with Gasteiger partial charge in [0.2, 0.25) is 5.91 Å². The molecule has 1 atom stereocenters. The van der Waals surface area contributed by atoms with Crippen LogP contribution in [0.1, 0.15) is 11.7 Å². The maximum absolute atomic E-state index is 12.7. The highest BCUT2D eigenvalue weighted by atomic mass is 19.1. The Labute approximate surface area is 103 Å². The number of likely N-dealkylation sites (N-methyl/N-ethyl adjacent to an activating group) is 1. The molecule has 0 bridgehead atoms. The molecule has 0 aromatic heterocycles. The predicted molar refractivity (Wildman–Crippen MR) is 61.1 cm³/mol. The number of imide groups is 1. The topological polar surface area (TPSA) is 60.9 Å². The lowest BCUT2D eigenvalue weighted by molar-refractivity contribution is -0.126. The third-order valence-corrected chi connectivity index (χ3v) is 2.84. The van der Waals surface area contributed by atoms with Gasteiger partial charge in [0, 0.05) is 7.05 Å². The first-order valence-corrected chi connectivity index (χ1v) is 5.48. The average Bonchev–Trinajstić information content (AvgIpc) is 2.57. The Bertz CT molecular complexity index is 475. The molecule has 0 spiro atoms. The van der Waals surface area contributed by atoms with Crippen LogP contribution >= 0.6 is 0 Å². The molecule has 1 aromatic carbocycles. The second-order valence-corrected chi connectivity index (χ2v) is 4.21. The Hall–Kier alpha value is -1.95. The van der Waals surface area contributed by atoms with E-state index in [1.165, 1.54) is 36.2 Å². The molecule has 0 radical (unpaired) electrons. The van der Waals surface area contributed by atoms with E-state index in [4.69, 9.17) is 0 Å². The van der Waals surface area contributed by atoms with E-state index in [9.17, 15) is 19.1 Å². The molecule has 5 nitrogen and oxygen atoms in total. The Morgan fingerprint density at radius 3 is 2.44 bits per heavy atom. The van der Waals surface area contributed by atoms with E-state index < -0.39 is 18.0 Å². The summed E-state index contributed by atoms with van der Waals surface area (Å²) in [6, 6.07) is 4.86. The lowest BCUT2D eigenvalue weighted by atomic mass is 10.1. The van der Waals surface area contributed by atoms with Crippen LogP contribution in [0.25, 0.3) is 0 Å². The maximum Gasteiger partial charge on any atom is 0.327 e. The normalized spacial score (nSPS) is 17.5. The zero-order valence-electron chi connectivity index (χ0n) is 9.84. The van der Waals surface area contributed by atoms with Gasteiger partial charge in [-0.1, -0.05) is 12.1 Å². The van der Waals surface area contributed by atoms with Crippen LogP contribution in [0.4, 0.5) is 9.18 Å². The van der Waals surface area contributed by atoms with Crippen molar-refractivity contribution in [3.63, 3.8) is 0 Å². The number of halogens is 1. The van der Waals surface area contributed by atoms with Gasteiger partial charge in [0.05, 0.1) is 12.6 Å². The maximum atomic E-state index is 12.7. The monoisotopic (exact) mass is 252 g/mol. The van der Waals surface area contributed by atoms with Crippen LogP contribution in [0.3, 0.4) is 0 Å². The summed E-state index contributed by atoms with van der Waals surface area (Å²) in [7, 11) is 1.52. The lowest BCUT2D eigenvalue weighted by Gasteiger charge is -2.18. The summed E-state index contributed by atoms with van der Waals surface area (Å²) in [4.78, 5) is 25.4. The summed E-state index contributed by atoms with van der Waals surface area (Å²) in [6.45, 7) is -0.0946. The molecule has 3 amide bonds. The first kappa shape index (κ1) is 12.5. The first-order valence-electron chi connectivity index (χ1n) is 5.48. The highest BCUT2D eigenvalue weighted by molar-refractivity contribution is 6.01. The van der Waals surface area contributed by atoms with Gasteiger partial charge >= 0.3 is 6.03 Å². The van der Waals surface area contributed by atoms with E-state index in [0.717, 1.165) is 4.90 Å². The molecule has 1 aromatic rings. The minimum atomic E-state index is -1.01. The van der Waals surface area contributed by atoms with E-state index in [2.05, 4.69) is 0 Å². The number of carbonyl (C=O) groups excluding carboxylic acids is 2. The van der Waals surface area contributed by atoms with Crippen LogP contribution in [-0.4, -0.2) is 47.0 Å². The Kier molecular flexibility index (Phi) is 3.29. The van der Waals surface area contributed by atoms with Crippen molar-refractivity contribution in [1.82, 2.24) is 9.80 Å². The van der Waals surface area contributed by atoms with Crippen molar-refractivity contribution in [2.24, 2.45) is 0 Å². The predicted octanol–water partition coefficient (Wildman–Crippen LogP) is 0.753. The lowest BCUT2D eigenvalue weighted by Crippen LogP contribution is -2.35. The van der Waals surface area contributed by atoms with Crippen molar-refractivity contribution in [1.29, 1.82) is 0 Å². The summed E-state index contributed by atoms with van der Waals surface area (Å²) in [5, 5.41) is 9.91. The van der Waals surface area contributed by atoms with Crippen LogP contribution in [-0.2, 0) is 4.79 Å². The molecular formula is C12H13FN2O3. The van der Waals surface area contributed by atoms with Crippen molar-refractivity contribution in [3.05, 3.63) is 35.6 Å². The molecule has 1 aliphatic heterocycles. The summed E-state index contributed by atoms with van der Waals surface area (Å²) >= 11 is 0. The number of benzene rings is 1. The Morgan fingerprint density at radius 2 is 1.94 bits per heavy atom. The van der Waals surface area contributed by atoms with Gasteiger partial charge in [0.15, 0.2) is 0 Å². The van der Waals surface area contributed by atoms with E-state index in [1.54, 1.807) is 0 Å². The summed E-state index contributed by atoms with van der Waals surface area (Å²) < 4.78 is 12.7. The van der Waals surface area contributed by atoms with Crippen LogP contribution in [0.5, 0.6) is 0 Å². The van der Waals surface area contributed by atoms with Gasteiger partial charge in [0.25, 0.3) is 0 Å². The standard InChI is InChI=1S/C12H13FN2O3/c1-14-7-11(17)15(12(14)18)6-10(16)8-2-4-9(13)5-3-8/h2-5,10,16H,6-7H2,1H3. The van der Waals surface area contributed by atoms with Gasteiger partial charge in [-0.15, -0.1) is 0 Å². The smallest absolute Gasteiger partial charge is 0.327 e. The molecule has 18 heavy (non-hydrogen) atoms. The molecular weight excluding hydrogens is 239 g/mol. The van der Waals surface area contributed by atoms with Gasteiger partial charge in [-0.3, -0.25) is 9.69 Å². The van der Waals surface area contributed by atoms with Crippen molar-refractivity contribution < 1.29 is 19.1 Å². The van der Waals surface area contributed by atoms with E-state index >= 15 is 0 Å². The molecule has 1 N–H and O–H groups in total. The zero-order valence-corrected chi connectivity index (χ0v) is 9.84. The molecule has 6 heteroatoms. The fourth-order valence-corrected chi connectivity index (χ4v) is 1.81. The Balaban J connectivity index is 2.07. The van der Waals surface area contributed by atoms with Crippen LogP contribution in [0, 0.1) is 5.82 Å². The summed E-state index contributed by atoms with van der Waals surface area (Å²) in [5.74, 6) is -0.748. The van der Waals surface area contributed by atoms with Gasteiger partial charge in [-0.25, -0.2) is 9.18 Å². The number of nitrogens with zero attached hydrogens (tertiary/aromatic N) is 2. The SMILES string of the molecule is CN1CC(=O)N(CC(O)c2ccc(F)cc2)C1=O. The van der Waals surface area contributed by atoms with Crippen LogP contribution in [0.15, 0.2) is 24.3 Å². The second kappa shape index (κ2) is 4.73. The molecule has 1 heterocycles. The number of rotatable bonds is 3. The molecule has 1 saturated heterocycles. The number of aliphatic hydroxyl groups is 1. The van der Waals surface area contributed by atoms with E-state index in [1.807, 2.05) is 0 Å². The van der Waals surface area contributed by atoms with Crippen LogP contribution < -0.4 is 0 Å². The fourth-order valence-electron chi connectivity index (χ4n) is 1.81. The molecule has 1 fully saturated rings. The first-order chi connectivity index (χ1) is 8.49. The molecule has 96 valence electrons. The fraction of sp³-hybridized carbons (Fsp3) is 0.333. The number of amides is 3. The number of hydrogen-bond donors (Lipinski definition) is 1. The Morgan fingerprint density at radius 1 is 1.33 bits per heavy atom. The molecule has 2 rings (SSSR count). The number of aliphatic hydroxyl groups excluding tert-OH is 1. The second-order valence-electron chi connectivity index (χ2n) is 4.21. The van der Waals surface area contributed by atoms with E-state index in [-0.39, 0.29) is 19.0 Å². The van der Waals surface area contributed by atoms with Crippen molar-refractivity contribution in [2.75, 3.05) is 20.1 Å². The van der Waals surface area contributed by atoms with Crippen LogP contribution in [0.2, 0.25) is 0 Å². The molecule has 1 aliphatic rings. The highest BCUT2D eigenvalue weighted by Gasteiger charge is 2.34. The van der Waals surface area contributed by atoms with Gasteiger partial charge in [-0.05, 0) is 17.7 Å². The van der Waals surface area contributed by atoms with Gasteiger partial charge in [0.1, 0.15) is 12.4 Å². The number of carbonyl (C=O) groups is 2. The molecule has 0 aliphatic carbocycles. The van der Waals surface area contributed by atoms with Crippen molar-refractivity contribution in [3.8, 4) is 0 Å². The number of β-amino-alcohol motifs (C(OH)–C–C–N with tert-alkyl or cyclic N) is 1. The van der Waals surface area contributed by atoms with Crippen molar-refractivity contribution in [2.45, 2.75) is 6.10 Å². The zero-order chi connectivity index (χ0) is 13.3. The number of urea groups is 1. The highest BCUT2D eigenvalue weighted by Crippen LogP contribution is 2.18.